The van der Waals surface area contributed by atoms with Crippen molar-refractivity contribution in [1.29, 1.82) is 0 Å². The molecule has 1 fully saturated rings. The maximum absolute atomic E-state index is 13.0. The molecular formula is C19H25N3OS. The summed E-state index contributed by atoms with van der Waals surface area (Å²) in [5.41, 5.74) is 2.50. The van der Waals surface area contributed by atoms with Crippen LogP contribution in [0, 0.1) is 6.92 Å². The van der Waals surface area contributed by atoms with Crippen LogP contribution < -0.4 is 0 Å². The summed E-state index contributed by atoms with van der Waals surface area (Å²) in [6, 6.07) is 6.19. The van der Waals surface area contributed by atoms with Crippen molar-refractivity contribution in [3.8, 4) is 0 Å². The molecule has 4 nitrogen and oxygen atoms in total. The first-order chi connectivity index (χ1) is 11.6. The first kappa shape index (κ1) is 17.1. The predicted octanol–water partition coefficient (Wildman–Crippen LogP) is 3.46. The van der Waals surface area contributed by atoms with Crippen LogP contribution in [-0.4, -0.2) is 40.3 Å². The summed E-state index contributed by atoms with van der Waals surface area (Å²) < 4.78 is 0. The molecule has 1 saturated heterocycles. The Balaban J connectivity index is 1.67. The smallest absolute Gasteiger partial charge is 0.240 e. The molecule has 0 saturated carbocycles. The molecule has 2 aromatic heterocycles. The summed E-state index contributed by atoms with van der Waals surface area (Å²) in [5, 5.41) is 2.10. The zero-order valence-electron chi connectivity index (χ0n) is 14.4. The summed E-state index contributed by atoms with van der Waals surface area (Å²) in [7, 11) is 1.93. The second kappa shape index (κ2) is 7.90. The normalized spacial score (nSPS) is 18.5. The number of hydrogen-bond acceptors (Lipinski definition) is 4. The predicted molar refractivity (Wildman–Crippen MR) is 97.8 cm³/mol. The molecule has 0 unspecified atom stereocenters. The van der Waals surface area contributed by atoms with Crippen molar-refractivity contribution in [2.75, 3.05) is 13.6 Å². The van der Waals surface area contributed by atoms with Gasteiger partial charge in [-0.15, -0.1) is 11.3 Å². The Morgan fingerprint density at radius 3 is 2.83 bits per heavy atom. The van der Waals surface area contributed by atoms with Gasteiger partial charge < -0.3 is 4.90 Å². The number of rotatable bonds is 5. The van der Waals surface area contributed by atoms with E-state index in [0.29, 0.717) is 6.54 Å². The molecule has 1 amide bonds. The van der Waals surface area contributed by atoms with Gasteiger partial charge in [0.2, 0.25) is 5.91 Å². The molecular weight excluding hydrogens is 318 g/mol. The minimum absolute atomic E-state index is 0.00261. The van der Waals surface area contributed by atoms with E-state index in [2.05, 4.69) is 28.3 Å². The van der Waals surface area contributed by atoms with Crippen LogP contribution in [0.1, 0.15) is 35.3 Å². The van der Waals surface area contributed by atoms with Crippen molar-refractivity contribution in [3.05, 3.63) is 52.0 Å². The number of carbonyl (C=O) groups excluding carboxylic acids is 1. The van der Waals surface area contributed by atoms with Crippen LogP contribution in [0.2, 0.25) is 0 Å². The highest BCUT2D eigenvalue weighted by Gasteiger charge is 2.30. The number of piperidine rings is 1. The van der Waals surface area contributed by atoms with Crippen LogP contribution in [-0.2, 0) is 17.9 Å². The minimum Gasteiger partial charge on any atom is -0.339 e. The van der Waals surface area contributed by atoms with E-state index in [-0.39, 0.29) is 11.9 Å². The van der Waals surface area contributed by atoms with Crippen LogP contribution in [0.25, 0.3) is 0 Å². The summed E-state index contributed by atoms with van der Waals surface area (Å²) in [6.45, 7) is 4.64. The van der Waals surface area contributed by atoms with Gasteiger partial charge in [-0.1, -0.05) is 6.42 Å². The van der Waals surface area contributed by atoms with Crippen LogP contribution in [0.4, 0.5) is 0 Å². The standard InChI is InChI=1S/C19H25N3OS/c1-15-8-12-24-18(15)14-21(2)19(23)17-5-3-4-11-22(17)13-16-6-9-20-10-7-16/h6-10,12,17H,3-5,11,13-14H2,1-2H3/t17-/m0/s1. The van der Waals surface area contributed by atoms with E-state index < -0.39 is 0 Å². The number of aryl methyl sites for hydroxylation is 1. The number of thiophene rings is 1. The SMILES string of the molecule is Cc1ccsc1CN(C)C(=O)[C@@H]1CCCCN1Cc1ccncc1. The zero-order valence-corrected chi connectivity index (χ0v) is 15.3. The fourth-order valence-corrected chi connectivity index (χ4v) is 4.25. The van der Waals surface area contributed by atoms with E-state index >= 15 is 0 Å². The molecule has 0 radical (unpaired) electrons. The van der Waals surface area contributed by atoms with Crippen molar-refractivity contribution < 1.29 is 4.79 Å². The van der Waals surface area contributed by atoms with Gasteiger partial charge in [0.1, 0.15) is 0 Å². The van der Waals surface area contributed by atoms with Crippen LogP contribution >= 0.6 is 11.3 Å². The molecule has 5 heteroatoms. The monoisotopic (exact) mass is 343 g/mol. The first-order valence-electron chi connectivity index (χ1n) is 8.56. The van der Waals surface area contributed by atoms with Gasteiger partial charge >= 0.3 is 0 Å². The number of nitrogens with zero attached hydrogens (tertiary/aromatic N) is 3. The Morgan fingerprint density at radius 1 is 1.33 bits per heavy atom. The number of pyridine rings is 1. The third-order valence-corrected chi connectivity index (χ3v) is 5.77. The summed E-state index contributed by atoms with van der Waals surface area (Å²) in [5.74, 6) is 0.247. The van der Waals surface area contributed by atoms with Crippen LogP contribution in [0.15, 0.2) is 36.0 Å². The average Bonchev–Trinajstić information content (AvgIpc) is 3.00. The lowest BCUT2D eigenvalue weighted by molar-refractivity contribution is -0.137. The van der Waals surface area contributed by atoms with Gasteiger partial charge in [-0.2, -0.15) is 0 Å². The second-order valence-electron chi connectivity index (χ2n) is 6.56. The molecule has 3 heterocycles. The molecule has 2 aromatic rings. The van der Waals surface area contributed by atoms with Gasteiger partial charge in [0.15, 0.2) is 0 Å². The third-order valence-electron chi connectivity index (χ3n) is 4.76. The van der Waals surface area contributed by atoms with E-state index in [4.69, 9.17) is 0 Å². The van der Waals surface area contributed by atoms with E-state index in [0.717, 1.165) is 25.9 Å². The summed E-state index contributed by atoms with van der Waals surface area (Å²) >= 11 is 1.73. The maximum Gasteiger partial charge on any atom is 0.240 e. The van der Waals surface area contributed by atoms with Gasteiger partial charge in [-0.25, -0.2) is 0 Å². The Hall–Kier alpha value is -1.72. The number of amides is 1. The number of carbonyl (C=O) groups is 1. The van der Waals surface area contributed by atoms with E-state index in [9.17, 15) is 4.79 Å². The molecule has 24 heavy (non-hydrogen) atoms. The molecule has 1 aliphatic rings. The molecule has 0 aliphatic carbocycles. The van der Waals surface area contributed by atoms with Crippen molar-refractivity contribution in [1.82, 2.24) is 14.8 Å². The number of likely N-dealkylation sites (N-methyl/N-ethyl adjacent to an activating group) is 1. The van der Waals surface area contributed by atoms with Crippen LogP contribution in [0.5, 0.6) is 0 Å². The average molecular weight is 343 g/mol. The number of hydrogen-bond donors (Lipinski definition) is 0. The zero-order chi connectivity index (χ0) is 16.9. The first-order valence-corrected chi connectivity index (χ1v) is 9.44. The lowest BCUT2D eigenvalue weighted by Gasteiger charge is -2.36. The second-order valence-corrected chi connectivity index (χ2v) is 7.56. The van der Waals surface area contributed by atoms with Crippen LogP contribution in [0.3, 0.4) is 0 Å². The van der Waals surface area contributed by atoms with Crippen molar-refractivity contribution in [2.24, 2.45) is 0 Å². The Labute approximate surface area is 148 Å². The molecule has 0 aromatic carbocycles. The molecule has 0 bridgehead atoms. The highest BCUT2D eigenvalue weighted by atomic mass is 32.1. The van der Waals surface area contributed by atoms with Crippen molar-refractivity contribution in [3.63, 3.8) is 0 Å². The van der Waals surface area contributed by atoms with E-state index in [1.807, 2.05) is 36.5 Å². The highest BCUT2D eigenvalue weighted by molar-refractivity contribution is 7.10. The summed E-state index contributed by atoms with van der Waals surface area (Å²) in [4.78, 5) is 22.6. The van der Waals surface area contributed by atoms with Crippen molar-refractivity contribution in [2.45, 2.75) is 45.3 Å². The summed E-state index contributed by atoms with van der Waals surface area (Å²) in [6.07, 6.45) is 6.90. The lowest BCUT2D eigenvalue weighted by Crippen LogP contribution is -2.49. The minimum atomic E-state index is -0.00261. The number of aromatic nitrogens is 1. The van der Waals surface area contributed by atoms with Crippen molar-refractivity contribution >= 4 is 17.2 Å². The molecule has 1 atom stereocenters. The third kappa shape index (κ3) is 4.02. The van der Waals surface area contributed by atoms with Gasteiger partial charge in [0.25, 0.3) is 0 Å². The molecule has 0 N–H and O–H groups in total. The fraction of sp³-hybridized carbons (Fsp3) is 0.474. The van der Waals surface area contributed by atoms with Gasteiger partial charge in [0, 0.05) is 30.9 Å². The molecule has 1 aliphatic heterocycles. The van der Waals surface area contributed by atoms with Gasteiger partial charge in [-0.05, 0) is 61.0 Å². The van der Waals surface area contributed by atoms with Gasteiger partial charge in [0.05, 0.1) is 12.6 Å². The lowest BCUT2D eigenvalue weighted by atomic mass is 10.00. The fourth-order valence-electron chi connectivity index (χ4n) is 3.30. The quantitative estimate of drug-likeness (QED) is 0.834. The van der Waals surface area contributed by atoms with E-state index in [1.165, 1.54) is 22.4 Å². The van der Waals surface area contributed by atoms with Gasteiger partial charge in [-0.3, -0.25) is 14.7 Å². The highest BCUT2D eigenvalue weighted by Crippen LogP contribution is 2.23. The maximum atomic E-state index is 13.0. The Bertz CT molecular complexity index is 670. The molecule has 0 spiro atoms. The Morgan fingerprint density at radius 2 is 2.12 bits per heavy atom. The van der Waals surface area contributed by atoms with E-state index in [1.54, 1.807) is 11.3 Å². The molecule has 128 valence electrons. The topological polar surface area (TPSA) is 36.4 Å². The molecule has 3 rings (SSSR count). The largest absolute Gasteiger partial charge is 0.339 e. The Kier molecular flexibility index (Phi) is 5.63. The number of likely N-dealkylation sites (tertiary alicyclic amines) is 1.